The van der Waals surface area contributed by atoms with Gasteiger partial charge in [-0.15, -0.1) is 0 Å². The molecule has 2 atom stereocenters. The van der Waals surface area contributed by atoms with Crippen molar-refractivity contribution >= 4 is 0 Å². The molecule has 0 radical (unpaired) electrons. The van der Waals surface area contributed by atoms with Crippen molar-refractivity contribution in [3.05, 3.63) is 0 Å². The Labute approximate surface area is 69.8 Å². The Morgan fingerprint density at radius 1 is 1.45 bits per heavy atom. The molecule has 0 aromatic rings. The Kier molecular flexibility index (Phi) is 2.90. The van der Waals surface area contributed by atoms with Gasteiger partial charge in [-0.3, -0.25) is 4.90 Å². The van der Waals surface area contributed by atoms with Crippen LogP contribution in [0.15, 0.2) is 0 Å². The lowest BCUT2D eigenvalue weighted by Crippen LogP contribution is -2.52. The van der Waals surface area contributed by atoms with E-state index < -0.39 is 0 Å². The maximum atomic E-state index is 6.05. The molecule has 1 saturated heterocycles. The third-order valence-corrected chi connectivity index (χ3v) is 2.71. The van der Waals surface area contributed by atoms with Gasteiger partial charge in [0.15, 0.2) is 0 Å². The summed E-state index contributed by atoms with van der Waals surface area (Å²) in [6, 6.07) is 0.604. The van der Waals surface area contributed by atoms with Crippen molar-refractivity contribution < 1.29 is 0 Å². The number of hydrogen-bond acceptors (Lipinski definition) is 2. The molecule has 11 heavy (non-hydrogen) atoms. The molecule has 1 fully saturated rings. The lowest BCUT2D eigenvalue weighted by atomic mass is 9.95. The summed E-state index contributed by atoms with van der Waals surface area (Å²) in [4.78, 5) is 2.40. The monoisotopic (exact) mass is 156 g/mol. The van der Waals surface area contributed by atoms with E-state index in [1.807, 2.05) is 0 Å². The quantitative estimate of drug-likeness (QED) is 0.622. The summed E-state index contributed by atoms with van der Waals surface area (Å²) >= 11 is 0. The third-order valence-electron chi connectivity index (χ3n) is 2.71. The molecule has 0 saturated carbocycles. The normalized spacial score (nSPS) is 34.6. The topological polar surface area (TPSA) is 29.3 Å². The summed E-state index contributed by atoms with van der Waals surface area (Å²) < 4.78 is 0. The highest BCUT2D eigenvalue weighted by atomic mass is 15.2. The molecule has 1 aliphatic heterocycles. The van der Waals surface area contributed by atoms with Crippen molar-refractivity contribution in [3.8, 4) is 0 Å². The predicted molar refractivity (Wildman–Crippen MR) is 48.2 cm³/mol. The number of rotatable bonds is 1. The van der Waals surface area contributed by atoms with E-state index in [4.69, 9.17) is 5.73 Å². The Balaban J connectivity index is 2.51. The van der Waals surface area contributed by atoms with Crippen LogP contribution in [-0.4, -0.2) is 23.7 Å². The van der Waals surface area contributed by atoms with Crippen molar-refractivity contribution in [1.29, 1.82) is 0 Å². The fraction of sp³-hybridized carbons (Fsp3) is 1.00. The van der Waals surface area contributed by atoms with Crippen molar-refractivity contribution in [3.63, 3.8) is 0 Å². The fourth-order valence-corrected chi connectivity index (χ4v) is 1.85. The van der Waals surface area contributed by atoms with Gasteiger partial charge in [-0.05, 0) is 39.2 Å². The van der Waals surface area contributed by atoms with Crippen LogP contribution in [0.1, 0.15) is 33.6 Å². The number of piperidine rings is 1. The second-order valence-electron chi connectivity index (χ2n) is 3.94. The molecule has 1 aliphatic rings. The van der Waals surface area contributed by atoms with Crippen LogP contribution in [-0.2, 0) is 0 Å². The Bertz CT molecular complexity index is 123. The zero-order valence-electron chi connectivity index (χ0n) is 7.88. The van der Waals surface area contributed by atoms with E-state index in [-0.39, 0.29) is 0 Å². The molecule has 0 spiro atoms. The molecule has 0 amide bonds. The molecular formula is C9H20N2. The van der Waals surface area contributed by atoms with Gasteiger partial charge in [-0.25, -0.2) is 0 Å². The average molecular weight is 156 g/mol. The average Bonchev–Trinajstić information content (AvgIpc) is 1.94. The first-order valence-corrected chi connectivity index (χ1v) is 4.64. The largest absolute Gasteiger partial charge is 0.315 e. The smallest absolute Gasteiger partial charge is 0.0600 e. The number of nitrogens with two attached hydrogens (primary N) is 1. The van der Waals surface area contributed by atoms with E-state index in [2.05, 4.69) is 25.7 Å². The molecule has 0 unspecified atom stereocenters. The van der Waals surface area contributed by atoms with Gasteiger partial charge < -0.3 is 5.73 Å². The van der Waals surface area contributed by atoms with Gasteiger partial charge in [0.05, 0.1) is 6.17 Å². The van der Waals surface area contributed by atoms with Gasteiger partial charge in [-0.1, -0.05) is 6.92 Å². The van der Waals surface area contributed by atoms with Crippen molar-refractivity contribution in [2.45, 2.75) is 45.8 Å². The molecule has 1 rings (SSSR count). The summed E-state index contributed by atoms with van der Waals surface area (Å²) in [6.45, 7) is 7.87. The molecule has 2 heteroatoms. The zero-order chi connectivity index (χ0) is 8.43. The second-order valence-corrected chi connectivity index (χ2v) is 3.94. The molecule has 0 aromatic heterocycles. The maximum absolute atomic E-state index is 6.05. The van der Waals surface area contributed by atoms with Crippen LogP contribution < -0.4 is 5.73 Å². The molecule has 0 aromatic carbocycles. The first-order valence-electron chi connectivity index (χ1n) is 4.64. The van der Waals surface area contributed by atoms with Crippen LogP contribution >= 0.6 is 0 Å². The van der Waals surface area contributed by atoms with E-state index in [0.717, 1.165) is 0 Å². The molecule has 2 N–H and O–H groups in total. The number of likely N-dealkylation sites (tertiary alicyclic amines) is 1. The van der Waals surface area contributed by atoms with Crippen LogP contribution in [0.3, 0.4) is 0 Å². The van der Waals surface area contributed by atoms with E-state index in [9.17, 15) is 0 Å². The Hall–Kier alpha value is -0.0800. The SMILES string of the molecule is CC(C)N1CCC[C@@H](C)[C@@H]1N. The van der Waals surface area contributed by atoms with Gasteiger partial charge >= 0.3 is 0 Å². The van der Waals surface area contributed by atoms with Gasteiger partial charge in [0.1, 0.15) is 0 Å². The summed E-state index contributed by atoms with van der Waals surface area (Å²) in [7, 11) is 0. The third kappa shape index (κ3) is 1.94. The van der Waals surface area contributed by atoms with E-state index in [0.29, 0.717) is 18.1 Å². The number of hydrogen-bond donors (Lipinski definition) is 1. The molecule has 1 heterocycles. The summed E-state index contributed by atoms with van der Waals surface area (Å²) in [5.74, 6) is 0.672. The lowest BCUT2D eigenvalue weighted by molar-refractivity contribution is 0.0753. The van der Waals surface area contributed by atoms with E-state index in [1.165, 1.54) is 19.4 Å². The van der Waals surface area contributed by atoms with Crippen LogP contribution in [0, 0.1) is 5.92 Å². The zero-order valence-corrected chi connectivity index (χ0v) is 7.88. The van der Waals surface area contributed by atoms with Gasteiger partial charge in [0.25, 0.3) is 0 Å². The molecule has 66 valence electrons. The first kappa shape index (κ1) is 9.01. The van der Waals surface area contributed by atoms with Crippen molar-refractivity contribution in [1.82, 2.24) is 4.90 Å². The minimum atomic E-state index is 0.295. The van der Waals surface area contributed by atoms with E-state index >= 15 is 0 Å². The summed E-state index contributed by atoms with van der Waals surface area (Å²) in [5.41, 5.74) is 6.05. The molecule has 2 nitrogen and oxygen atoms in total. The molecule has 0 bridgehead atoms. The van der Waals surface area contributed by atoms with Crippen LogP contribution in [0.2, 0.25) is 0 Å². The van der Waals surface area contributed by atoms with Crippen LogP contribution in [0.25, 0.3) is 0 Å². The predicted octanol–water partition coefficient (Wildman–Crippen LogP) is 1.41. The van der Waals surface area contributed by atoms with Crippen LogP contribution in [0.4, 0.5) is 0 Å². The highest BCUT2D eigenvalue weighted by Gasteiger charge is 2.26. The fourth-order valence-electron chi connectivity index (χ4n) is 1.85. The standard InChI is InChI=1S/C9H20N2/c1-7(2)11-6-4-5-8(3)9(11)10/h7-9H,4-6,10H2,1-3H3/t8-,9-/m1/s1. The second kappa shape index (κ2) is 3.55. The maximum Gasteiger partial charge on any atom is 0.0600 e. The molecule has 0 aliphatic carbocycles. The highest BCUT2D eigenvalue weighted by Crippen LogP contribution is 2.21. The van der Waals surface area contributed by atoms with Gasteiger partial charge in [-0.2, -0.15) is 0 Å². The minimum absolute atomic E-state index is 0.295. The highest BCUT2D eigenvalue weighted by molar-refractivity contribution is 4.79. The van der Waals surface area contributed by atoms with Gasteiger partial charge in [0, 0.05) is 6.04 Å². The first-order chi connectivity index (χ1) is 5.13. The lowest BCUT2D eigenvalue weighted by Gasteiger charge is -2.40. The Morgan fingerprint density at radius 2 is 2.09 bits per heavy atom. The summed E-state index contributed by atoms with van der Waals surface area (Å²) in [5, 5.41) is 0. The Morgan fingerprint density at radius 3 is 2.55 bits per heavy atom. The minimum Gasteiger partial charge on any atom is -0.315 e. The summed E-state index contributed by atoms with van der Waals surface area (Å²) in [6.07, 6.45) is 2.90. The van der Waals surface area contributed by atoms with Crippen molar-refractivity contribution in [2.75, 3.05) is 6.54 Å². The van der Waals surface area contributed by atoms with E-state index in [1.54, 1.807) is 0 Å². The van der Waals surface area contributed by atoms with Crippen LogP contribution in [0.5, 0.6) is 0 Å². The van der Waals surface area contributed by atoms with Crippen molar-refractivity contribution in [2.24, 2.45) is 11.7 Å². The molecular weight excluding hydrogens is 136 g/mol. The number of nitrogens with zero attached hydrogens (tertiary/aromatic N) is 1. The van der Waals surface area contributed by atoms with Gasteiger partial charge in [0.2, 0.25) is 0 Å².